The number of H-pyrrole nitrogens is 2. The second-order valence-corrected chi connectivity index (χ2v) is 9.44. The van der Waals surface area contributed by atoms with Crippen LogP contribution in [0.3, 0.4) is 0 Å². The maximum absolute atomic E-state index is 12.2. The lowest BCUT2D eigenvalue weighted by atomic mass is 10.1. The molecule has 0 radical (unpaired) electrons. The zero-order valence-corrected chi connectivity index (χ0v) is 20.8. The maximum atomic E-state index is 12.2. The molecule has 37 heavy (non-hydrogen) atoms. The van der Waals surface area contributed by atoms with Crippen molar-refractivity contribution in [1.82, 2.24) is 35.1 Å². The summed E-state index contributed by atoms with van der Waals surface area (Å²) in [5.41, 5.74) is 7.02. The first-order valence-corrected chi connectivity index (χ1v) is 12.9. The van der Waals surface area contributed by atoms with Gasteiger partial charge in [-0.05, 0) is 49.9 Å². The number of amides is 1. The van der Waals surface area contributed by atoms with Crippen molar-refractivity contribution in [3.63, 3.8) is 0 Å². The lowest BCUT2D eigenvalue weighted by molar-refractivity contribution is -0.116. The predicted octanol–water partition coefficient (Wildman–Crippen LogP) is 5.08. The minimum Gasteiger partial charge on any atom is -0.370 e. The van der Waals surface area contributed by atoms with E-state index < -0.39 is 0 Å². The summed E-state index contributed by atoms with van der Waals surface area (Å²) in [7, 11) is 0. The molecule has 5 aromatic rings. The average Bonchev–Trinajstić information content (AvgIpc) is 3.56. The number of anilines is 2. The zero-order chi connectivity index (χ0) is 25.2. The molecule has 188 valence electrons. The molecule has 0 bridgehead atoms. The molecule has 1 aliphatic rings. The van der Waals surface area contributed by atoms with Crippen molar-refractivity contribution in [3.05, 3.63) is 42.9 Å². The van der Waals surface area contributed by atoms with Crippen LogP contribution in [0.2, 0.25) is 0 Å². The van der Waals surface area contributed by atoms with Crippen molar-refractivity contribution in [2.75, 3.05) is 23.3 Å². The number of rotatable bonds is 7. The summed E-state index contributed by atoms with van der Waals surface area (Å²) in [6, 6.07) is 7.79. The van der Waals surface area contributed by atoms with Crippen LogP contribution in [0, 0.1) is 0 Å². The average molecular weight is 496 g/mol. The summed E-state index contributed by atoms with van der Waals surface area (Å²) in [5, 5.41) is 10.5. The molecule has 1 aliphatic heterocycles. The number of pyridine rings is 3. The van der Waals surface area contributed by atoms with Gasteiger partial charge in [-0.15, -0.1) is 0 Å². The van der Waals surface area contributed by atoms with Crippen LogP contribution in [0.25, 0.3) is 45.0 Å². The fourth-order valence-electron chi connectivity index (χ4n) is 4.83. The van der Waals surface area contributed by atoms with Gasteiger partial charge in [-0.1, -0.05) is 13.3 Å². The number of fused-ring (bicyclic) bond motifs is 2. The number of nitrogens with one attached hydrogen (secondary N) is 3. The Morgan fingerprint density at radius 2 is 1.97 bits per heavy atom. The molecule has 0 atom stereocenters. The van der Waals surface area contributed by atoms with E-state index in [1.807, 2.05) is 30.5 Å². The Balaban J connectivity index is 1.34. The largest absolute Gasteiger partial charge is 0.370 e. The second kappa shape index (κ2) is 9.96. The summed E-state index contributed by atoms with van der Waals surface area (Å²) < 4.78 is 0. The first-order valence-electron chi connectivity index (χ1n) is 12.9. The summed E-state index contributed by atoms with van der Waals surface area (Å²) in [4.78, 5) is 36.5. The highest BCUT2D eigenvalue weighted by atomic mass is 16.1. The summed E-state index contributed by atoms with van der Waals surface area (Å²) in [6.07, 6.45) is 11.2. The first-order chi connectivity index (χ1) is 18.2. The van der Waals surface area contributed by atoms with Gasteiger partial charge in [0, 0.05) is 37.5 Å². The van der Waals surface area contributed by atoms with Crippen molar-refractivity contribution >= 4 is 39.5 Å². The fraction of sp³-hybridized carbons (Fsp3) is 0.333. The number of carbonyl (C=O) groups excluding carboxylic acids is 1. The lowest BCUT2D eigenvalue weighted by Crippen LogP contribution is -2.29. The Morgan fingerprint density at radius 3 is 2.84 bits per heavy atom. The molecule has 6 rings (SSSR count). The van der Waals surface area contributed by atoms with Gasteiger partial charge in [0.25, 0.3) is 0 Å². The molecule has 3 N–H and O–H groups in total. The van der Waals surface area contributed by atoms with Crippen molar-refractivity contribution < 1.29 is 4.79 Å². The number of nitrogens with zero attached hydrogens (tertiary/aromatic N) is 6. The molecule has 1 fully saturated rings. The number of aromatic nitrogens is 7. The van der Waals surface area contributed by atoms with E-state index in [0.29, 0.717) is 29.1 Å². The van der Waals surface area contributed by atoms with E-state index in [9.17, 15) is 4.79 Å². The van der Waals surface area contributed by atoms with E-state index in [-0.39, 0.29) is 5.91 Å². The molecule has 0 aliphatic carbocycles. The molecule has 0 spiro atoms. The Kier molecular flexibility index (Phi) is 6.21. The van der Waals surface area contributed by atoms with E-state index in [4.69, 9.17) is 9.97 Å². The van der Waals surface area contributed by atoms with E-state index in [2.05, 4.69) is 42.3 Å². The molecule has 10 nitrogen and oxygen atoms in total. The maximum Gasteiger partial charge on any atom is 0.224 e. The third-order valence-corrected chi connectivity index (χ3v) is 6.77. The van der Waals surface area contributed by atoms with Crippen LogP contribution >= 0.6 is 0 Å². The van der Waals surface area contributed by atoms with Crippen LogP contribution in [0.15, 0.2) is 42.9 Å². The Hall–Kier alpha value is -4.34. The van der Waals surface area contributed by atoms with Crippen LogP contribution in [0.1, 0.15) is 45.4 Å². The van der Waals surface area contributed by atoms with Gasteiger partial charge < -0.3 is 15.2 Å². The third kappa shape index (κ3) is 4.62. The van der Waals surface area contributed by atoms with Gasteiger partial charge in [-0.2, -0.15) is 5.10 Å². The van der Waals surface area contributed by atoms with Gasteiger partial charge in [-0.3, -0.25) is 14.9 Å². The highest BCUT2D eigenvalue weighted by Gasteiger charge is 2.20. The van der Waals surface area contributed by atoms with E-state index in [0.717, 1.165) is 59.6 Å². The molecule has 6 heterocycles. The molecule has 10 heteroatoms. The Labute approximate surface area is 214 Å². The number of aromatic amines is 2. The molecule has 0 aromatic carbocycles. The van der Waals surface area contributed by atoms with Crippen molar-refractivity contribution in [2.45, 2.75) is 45.4 Å². The Morgan fingerprint density at radius 1 is 1.08 bits per heavy atom. The van der Waals surface area contributed by atoms with Gasteiger partial charge in [0.1, 0.15) is 11.0 Å². The van der Waals surface area contributed by atoms with E-state index in [1.165, 1.54) is 19.3 Å². The quantitative estimate of drug-likeness (QED) is 0.287. The number of unbranched alkanes of at least 4 members (excludes halogenated alkanes) is 1. The summed E-state index contributed by atoms with van der Waals surface area (Å²) in [6.45, 7) is 4.13. The third-order valence-electron chi connectivity index (χ3n) is 6.77. The smallest absolute Gasteiger partial charge is 0.224 e. The van der Waals surface area contributed by atoms with Crippen molar-refractivity contribution in [3.8, 4) is 22.8 Å². The van der Waals surface area contributed by atoms with Gasteiger partial charge in [0.2, 0.25) is 5.91 Å². The second-order valence-electron chi connectivity index (χ2n) is 9.44. The normalized spacial score (nSPS) is 13.9. The van der Waals surface area contributed by atoms with Crippen molar-refractivity contribution in [2.24, 2.45) is 0 Å². The topological polar surface area (TPSA) is 128 Å². The molecular weight excluding hydrogens is 466 g/mol. The monoisotopic (exact) mass is 495 g/mol. The number of piperidine rings is 1. The standard InChI is InChI=1S/C27H29N9O/c1-2-3-7-22(37)30-18-14-17(15-28-16-18)19-8-9-20-23(31-19)25(35-34-20)27-32-24-21(10-11-29-26(24)33-27)36-12-5-4-6-13-36/h8-11,14-16H,2-7,12-13H2,1H3,(H,30,37)(H,34,35)(H,29,32,33). The first kappa shape index (κ1) is 23.1. The number of imidazole rings is 1. The molecule has 1 saturated heterocycles. The number of hydrogen-bond donors (Lipinski definition) is 3. The van der Waals surface area contributed by atoms with E-state index >= 15 is 0 Å². The fourth-order valence-corrected chi connectivity index (χ4v) is 4.83. The minimum atomic E-state index is -0.0104. The van der Waals surface area contributed by atoms with Gasteiger partial charge in [0.05, 0.1) is 28.8 Å². The predicted molar refractivity (Wildman–Crippen MR) is 144 cm³/mol. The van der Waals surface area contributed by atoms with Crippen LogP contribution in [0.5, 0.6) is 0 Å². The summed E-state index contributed by atoms with van der Waals surface area (Å²) in [5.74, 6) is 0.613. The molecule has 0 unspecified atom stereocenters. The summed E-state index contributed by atoms with van der Waals surface area (Å²) >= 11 is 0. The highest BCUT2D eigenvalue weighted by Crippen LogP contribution is 2.31. The van der Waals surface area contributed by atoms with Crippen LogP contribution in [-0.4, -0.2) is 54.1 Å². The lowest BCUT2D eigenvalue weighted by Gasteiger charge is -2.28. The zero-order valence-electron chi connectivity index (χ0n) is 20.8. The van der Waals surface area contributed by atoms with Crippen molar-refractivity contribution in [1.29, 1.82) is 0 Å². The van der Waals surface area contributed by atoms with Crippen LogP contribution in [0.4, 0.5) is 11.4 Å². The number of hydrogen-bond acceptors (Lipinski definition) is 7. The Bertz CT molecular complexity index is 1570. The number of carbonyl (C=O) groups is 1. The molecule has 0 saturated carbocycles. The van der Waals surface area contributed by atoms with Gasteiger partial charge >= 0.3 is 0 Å². The van der Waals surface area contributed by atoms with Crippen LogP contribution in [-0.2, 0) is 4.79 Å². The molecular formula is C27H29N9O. The molecule has 5 aromatic heterocycles. The SMILES string of the molecule is CCCCC(=O)Nc1cncc(-c2ccc3[nH]nc(-c4nc5c(N6CCCCC6)ccnc5[nH]4)c3n2)c1. The van der Waals surface area contributed by atoms with Gasteiger partial charge in [-0.25, -0.2) is 15.0 Å². The van der Waals surface area contributed by atoms with Crippen LogP contribution < -0.4 is 10.2 Å². The minimum absolute atomic E-state index is 0.0104. The molecule has 1 amide bonds. The van der Waals surface area contributed by atoms with Gasteiger partial charge in [0.15, 0.2) is 17.2 Å². The van der Waals surface area contributed by atoms with E-state index in [1.54, 1.807) is 12.4 Å². The highest BCUT2D eigenvalue weighted by molar-refractivity contribution is 5.94.